The molecule has 0 aromatic carbocycles. The van der Waals surface area contributed by atoms with Gasteiger partial charge in [-0.25, -0.2) is 0 Å². The second-order valence-corrected chi connectivity index (χ2v) is 3.68. The fourth-order valence-electron chi connectivity index (χ4n) is 1.19. The van der Waals surface area contributed by atoms with Crippen LogP contribution in [0.25, 0.3) is 0 Å². The van der Waals surface area contributed by atoms with Crippen LogP contribution in [0, 0.1) is 0 Å². The minimum Gasteiger partial charge on any atom is -0.134 e. The molecule has 1 heteroatoms. The van der Waals surface area contributed by atoms with E-state index in [2.05, 4.69) is 21.4 Å². The highest BCUT2D eigenvalue weighted by atomic mass is 31.0. The molecule has 9 heavy (non-hydrogen) atoms. The van der Waals surface area contributed by atoms with Gasteiger partial charge in [-0.05, 0) is 37.8 Å². The summed E-state index contributed by atoms with van der Waals surface area (Å²) in [5.74, 6) is 0. The van der Waals surface area contributed by atoms with Crippen molar-refractivity contribution in [1.82, 2.24) is 0 Å². The normalized spacial score (nSPS) is 29.2. The summed E-state index contributed by atoms with van der Waals surface area (Å²) in [5, 5.41) is 0. The Morgan fingerprint density at radius 1 is 1.11 bits per heavy atom. The lowest BCUT2D eigenvalue weighted by molar-refractivity contribution is 0.653. The first-order valence-corrected chi connectivity index (χ1v) is 4.47. The molecule has 2 unspecified atom stereocenters. The SMILES string of the molecule is PC1CCC=CCCC1. The maximum Gasteiger partial charge on any atom is -0.0261 e. The molecule has 0 bridgehead atoms. The molecule has 0 spiro atoms. The minimum atomic E-state index is 0.884. The molecule has 0 heterocycles. The third kappa shape index (κ3) is 3.01. The number of allylic oxidation sites excluding steroid dienone is 2. The Morgan fingerprint density at radius 3 is 2.78 bits per heavy atom. The van der Waals surface area contributed by atoms with Crippen molar-refractivity contribution in [2.24, 2.45) is 0 Å². The Morgan fingerprint density at radius 2 is 1.89 bits per heavy atom. The maximum atomic E-state index is 2.93. The van der Waals surface area contributed by atoms with Gasteiger partial charge in [0.1, 0.15) is 0 Å². The van der Waals surface area contributed by atoms with Crippen LogP contribution in [-0.2, 0) is 0 Å². The molecule has 0 N–H and O–H groups in total. The van der Waals surface area contributed by atoms with Gasteiger partial charge in [0.25, 0.3) is 0 Å². The molecule has 0 aliphatic heterocycles. The molecule has 1 rings (SSSR count). The zero-order chi connectivity index (χ0) is 6.53. The topological polar surface area (TPSA) is 0 Å². The lowest BCUT2D eigenvalue weighted by atomic mass is 10.1. The molecule has 0 nitrogen and oxygen atoms in total. The van der Waals surface area contributed by atoms with Gasteiger partial charge in [-0.15, -0.1) is 9.24 Å². The molecule has 0 aromatic rings. The smallest absolute Gasteiger partial charge is 0.0261 e. The summed E-state index contributed by atoms with van der Waals surface area (Å²) >= 11 is 0. The number of rotatable bonds is 0. The predicted molar refractivity (Wildman–Crippen MR) is 45.7 cm³/mol. The van der Waals surface area contributed by atoms with Gasteiger partial charge in [-0.1, -0.05) is 12.2 Å². The van der Waals surface area contributed by atoms with E-state index in [-0.39, 0.29) is 0 Å². The highest BCUT2D eigenvalue weighted by molar-refractivity contribution is 7.17. The van der Waals surface area contributed by atoms with Crippen LogP contribution in [0.15, 0.2) is 12.2 Å². The molecule has 1 aliphatic rings. The first kappa shape index (κ1) is 7.28. The Hall–Kier alpha value is 0.170. The average Bonchev–Trinajstić information content (AvgIpc) is 1.79. The van der Waals surface area contributed by atoms with E-state index in [1.807, 2.05) is 0 Å². The zero-order valence-electron chi connectivity index (χ0n) is 5.84. The second kappa shape index (κ2) is 4.06. The van der Waals surface area contributed by atoms with E-state index >= 15 is 0 Å². The zero-order valence-corrected chi connectivity index (χ0v) is 7.00. The fraction of sp³-hybridized carbons (Fsp3) is 0.750. The van der Waals surface area contributed by atoms with Crippen molar-refractivity contribution in [1.29, 1.82) is 0 Å². The van der Waals surface area contributed by atoms with Crippen LogP contribution in [0.1, 0.15) is 32.1 Å². The lowest BCUT2D eigenvalue weighted by Crippen LogP contribution is -1.97. The molecular formula is C8H15P. The first-order valence-electron chi connectivity index (χ1n) is 3.80. The molecular weight excluding hydrogens is 127 g/mol. The largest absolute Gasteiger partial charge is 0.134 e. The summed E-state index contributed by atoms with van der Waals surface area (Å²) in [6.07, 6.45) is 11.4. The molecule has 1 aliphatic carbocycles. The molecule has 0 saturated heterocycles. The molecule has 0 radical (unpaired) electrons. The van der Waals surface area contributed by atoms with Crippen LogP contribution < -0.4 is 0 Å². The van der Waals surface area contributed by atoms with Gasteiger partial charge in [0, 0.05) is 0 Å². The Kier molecular flexibility index (Phi) is 3.28. The van der Waals surface area contributed by atoms with Crippen LogP contribution in [0.3, 0.4) is 0 Å². The lowest BCUT2D eigenvalue weighted by Gasteiger charge is -2.10. The Labute approximate surface area is 59.9 Å². The van der Waals surface area contributed by atoms with Crippen molar-refractivity contribution in [3.63, 3.8) is 0 Å². The summed E-state index contributed by atoms with van der Waals surface area (Å²) in [4.78, 5) is 0. The van der Waals surface area contributed by atoms with Gasteiger partial charge in [0.2, 0.25) is 0 Å². The second-order valence-electron chi connectivity index (χ2n) is 2.74. The highest BCUT2D eigenvalue weighted by Crippen LogP contribution is 2.18. The molecule has 52 valence electrons. The summed E-state index contributed by atoms with van der Waals surface area (Å²) in [7, 11) is 2.93. The predicted octanol–water partition coefficient (Wildman–Crippen LogP) is 2.75. The summed E-state index contributed by atoms with van der Waals surface area (Å²) < 4.78 is 0. The van der Waals surface area contributed by atoms with Gasteiger partial charge >= 0.3 is 0 Å². The Balaban J connectivity index is 2.27. The van der Waals surface area contributed by atoms with Crippen molar-refractivity contribution >= 4 is 9.24 Å². The third-order valence-corrected chi connectivity index (χ3v) is 2.48. The molecule has 0 saturated carbocycles. The average molecular weight is 142 g/mol. The van der Waals surface area contributed by atoms with Crippen LogP contribution >= 0.6 is 9.24 Å². The van der Waals surface area contributed by atoms with E-state index in [4.69, 9.17) is 0 Å². The van der Waals surface area contributed by atoms with Gasteiger partial charge in [0.05, 0.1) is 0 Å². The van der Waals surface area contributed by atoms with Crippen LogP contribution in [-0.4, -0.2) is 5.66 Å². The van der Waals surface area contributed by atoms with Crippen molar-refractivity contribution in [3.8, 4) is 0 Å². The highest BCUT2D eigenvalue weighted by Gasteiger charge is 2.01. The van der Waals surface area contributed by atoms with Crippen molar-refractivity contribution in [3.05, 3.63) is 12.2 Å². The standard InChI is InChI=1S/C8H15P/c9-8-6-4-2-1-3-5-7-8/h1-2,8H,3-7,9H2. The van der Waals surface area contributed by atoms with E-state index < -0.39 is 0 Å². The van der Waals surface area contributed by atoms with Crippen molar-refractivity contribution in [2.45, 2.75) is 37.8 Å². The van der Waals surface area contributed by atoms with Crippen LogP contribution in [0.5, 0.6) is 0 Å². The summed E-state index contributed by atoms with van der Waals surface area (Å²) in [6.45, 7) is 0. The van der Waals surface area contributed by atoms with E-state index in [0.29, 0.717) is 0 Å². The summed E-state index contributed by atoms with van der Waals surface area (Å²) in [5.41, 5.74) is 0.884. The number of hydrogen-bond donors (Lipinski definition) is 0. The molecule has 0 amide bonds. The molecule has 0 fully saturated rings. The fourth-order valence-corrected chi connectivity index (χ4v) is 1.62. The van der Waals surface area contributed by atoms with Crippen molar-refractivity contribution < 1.29 is 0 Å². The minimum absolute atomic E-state index is 0.884. The van der Waals surface area contributed by atoms with Crippen LogP contribution in [0.2, 0.25) is 0 Å². The van der Waals surface area contributed by atoms with Crippen LogP contribution in [0.4, 0.5) is 0 Å². The Bertz CT molecular complexity index is 96.7. The third-order valence-electron chi connectivity index (χ3n) is 1.82. The first-order chi connectivity index (χ1) is 4.39. The van der Waals surface area contributed by atoms with E-state index in [1.165, 1.54) is 32.1 Å². The number of hydrogen-bond acceptors (Lipinski definition) is 0. The van der Waals surface area contributed by atoms with E-state index in [0.717, 1.165) is 5.66 Å². The summed E-state index contributed by atoms with van der Waals surface area (Å²) in [6, 6.07) is 0. The van der Waals surface area contributed by atoms with E-state index in [9.17, 15) is 0 Å². The maximum absolute atomic E-state index is 2.93. The monoisotopic (exact) mass is 142 g/mol. The van der Waals surface area contributed by atoms with Crippen molar-refractivity contribution in [2.75, 3.05) is 0 Å². The van der Waals surface area contributed by atoms with Gasteiger partial charge in [0.15, 0.2) is 0 Å². The van der Waals surface area contributed by atoms with Gasteiger partial charge in [-0.3, -0.25) is 0 Å². The quantitative estimate of drug-likeness (QED) is 0.360. The van der Waals surface area contributed by atoms with Gasteiger partial charge < -0.3 is 0 Å². The molecule has 2 atom stereocenters. The van der Waals surface area contributed by atoms with E-state index in [1.54, 1.807) is 0 Å². The van der Waals surface area contributed by atoms with Gasteiger partial charge in [-0.2, -0.15) is 0 Å². The molecule has 0 aromatic heterocycles.